The maximum absolute atomic E-state index is 3.56. The molecule has 0 amide bonds. The minimum absolute atomic E-state index is 0.571. The highest BCUT2D eigenvalue weighted by molar-refractivity contribution is 7.33. The molecule has 1 unspecified atom stereocenters. The van der Waals surface area contributed by atoms with Gasteiger partial charge in [0.15, 0.2) is 0 Å². The van der Waals surface area contributed by atoms with Gasteiger partial charge in [0.1, 0.15) is 0 Å². The second-order valence-electron chi connectivity index (χ2n) is 1.94. The molecule has 0 saturated carbocycles. The SMILES string of the molecule is C=C/C=C\NPn1cccc1. The molecule has 0 radical (unpaired) electrons. The molecule has 0 aliphatic carbocycles. The summed E-state index contributed by atoms with van der Waals surface area (Å²) < 4.78 is 2.08. The van der Waals surface area contributed by atoms with Gasteiger partial charge < -0.3 is 9.42 Å². The second kappa shape index (κ2) is 4.75. The third kappa shape index (κ3) is 3.06. The summed E-state index contributed by atoms with van der Waals surface area (Å²) >= 11 is 0. The number of allylic oxidation sites excluding steroid dienone is 2. The number of aromatic nitrogens is 1. The summed E-state index contributed by atoms with van der Waals surface area (Å²) in [4.78, 5) is 0. The lowest BCUT2D eigenvalue weighted by Gasteiger charge is -1.99. The van der Waals surface area contributed by atoms with Crippen LogP contribution >= 0.6 is 8.88 Å². The zero-order valence-electron chi connectivity index (χ0n) is 6.20. The third-order valence-electron chi connectivity index (χ3n) is 1.11. The van der Waals surface area contributed by atoms with E-state index in [9.17, 15) is 0 Å². The standard InChI is InChI=1S/C8H11N2P/c1-2-3-6-9-11-10-7-4-5-8-10/h2-9,11H,1H2/b6-3-. The maximum Gasteiger partial charge on any atom is 0.0804 e. The normalized spacial score (nSPS) is 11.3. The highest BCUT2D eigenvalue weighted by Crippen LogP contribution is 2.07. The molecule has 58 valence electrons. The van der Waals surface area contributed by atoms with Crippen LogP contribution in [0.1, 0.15) is 0 Å². The van der Waals surface area contributed by atoms with E-state index in [-0.39, 0.29) is 0 Å². The van der Waals surface area contributed by atoms with Gasteiger partial charge in [0.05, 0.1) is 8.88 Å². The number of nitrogens with zero attached hydrogens (tertiary/aromatic N) is 1. The van der Waals surface area contributed by atoms with Crippen molar-refractivity contribution in [3.8, 4) is 0 Å². The Labute approximate surface area is 68.5 Å². The van der Waals surface area contributed by atoms with Gasteiger partial charge >= 0.3 is 0 Å². The van der Waals surface area contributed by atoms with Crippen LogP contribution in [0.4, 0.5) is 0 Å². The average molecular weight is 166 g/mol. The van der Waals surface area contributed by atoms with Crippen molar-refractivity contribution in [2.24, 2.45) is 0 Å². The fraction of sp³-hybridized carbons (Fsp3) is 0. The van der Waals surface area contributed by atoms with E-state index < -0.39 is 0 Å². The van der Waals surface area contributed by atoms with Gasteiger partial charge in [-0.3, -0.25) is 0 Å². The zero-order valence-corrected chi connectivity index (χ0v) is 7.20. The van der Waals surface area contributed by atoms with Crippen LogP contribution in [0.3, 0.4) is 0 Å². The number of rotatable bonds is 4. The van der Waals surface area contributed by atoms with Gasteiger partial charge in [-0.2, -0.15) is 0 Å². The van der Waals surface area contributed by atoms with Gasteiger partial charge in [-0.05, 0) is 18.2 Å². The van der Waals surface area contributed by atoms with Crippen molar-refractivity contribution in [1.82, 2.24) is 9.42 Å². The molecule has 11 heavy (non-hydrogen) atoms. The molecule has 0 aliphatic heterocycles. The van der Waals surface area contributed by atoms with Crippen LogP contribution in [0.5, 0.6) is 0 Å². The van der Waals surface area contributed by atoms with E-state index in [4.69, 9.17) is 0 Å². The van der Waals surface area contributed by atoms with Gasteiger partial charge in [0, 0.05) is 18.6 Å². The lowest BCUT2D eigenvalue weighted by atomic mass is 10.6. The number of nitrogens with one attached hydrogen (secondary N) is 1. The molecular weight excluding hydrogens is 155 g/mol. The fourth-order valence-corrected chi connectivity index (χ4v) is 1.28. The molecule has 0 fully saturated rings. The first-order valence-electron chi connectivity index (χ1n) is 3.35. The average Bonchev–Trinajstić information content (AvgIpc) is 2.50. The molecule has 0 saturated heterocycles. The van der Waals surface area contributed by atoms with Crippen molar-refractivity contribution in [1.29, 1.82) is 0 Å². The van der Waals surface area contributed by atoms with E-state index in [2.05, 4.69) is 16.0 Å². The second-order valence-corrected chi connectivity index (χ2v) is 2.97. The highest BCUT2D eigenvalue weighted by Gasteiger charge is 1.81. The van der Waals surface area contributed by atoms with Crippen molar-refractivity contribution in [3.63, 3.8) is 0 Å². The minimum Gasteiger partial charge on any atom is -0.356 e. The van der Waals surface area contributed by atoms with Gasteiger partial charge in [0.2, 0.25) is 0 Å². The van der Waals surface area contributed by atoms with E-state index in [0.717, 1.165) is 0 Å². The van der Waals surface area contributed by atoms with E-state index in [1.165, 1.54) is 0 Å². The Bertz CT molecular complexity index is 226. The van der Waals surface area contributed by atoms with Crippen LogP contribution < -0.4 is 5.09 Å². The van der Waals surface area contributed by atoms with Crippen molar-refractivity contribution in [2.45, 2.75) is 0 Å². The Hall–Kier alpha value is -1.01. The minimum atomic E-state index is 0.571. The largest absolute Gasteiger partial charge is 0.356 e. The molecule has 3 heteroatoms. The Morgan fingerprint density at radius 1 is 1.36 bits per heavy atom. The molecule has 0 spiro atoms. The van der Waals surface area contributed by atoms with E-state index in [0.29, 0.717) is 8.88 Å². The zero-order chi connectivity index (χ0) is 7.94. The fourth-order valence-electron chi connectivity index (χ4n) is 0.637. The molecular formula is C8H11N2P. The van der Waals surface area contributed by atoms with Crippen molar-refractivity contribution in [3.05, 3.63) is 49.5 Å². The van der Waals surface area contributed by atoms with Crippen molar-refractivity contribution >= 4 is 8.88 Å². The molecule has 2 nitrogen and oxygen atoms in total. The summed E-state index contributed by atoms with van der Waals surface area (Å²) in [5.41, 5.74) is 0. The van der Waals surface area contributed by atoms with Crippen LogP contribution in [0.2, 0.25) is 0 Å². The van der Waals surface area contributed by atoms with E-state index in [1.54, 1.807) is 6.08 Å². The van der Waals surface area contributed by atoms with E-state index >= 15 is 0 Å². The summed E-state index contributed by atoms with van der Waals surface area (Å²) in [6.45, 7) is 3.56. The number of hydrogen-bond acceptors (Lipinski definition) is 1. The van der Waals surface area contributed by atoms with Crippen molar-refractivity contribution in [2.75, 3.05) is 0 Å². The molecule has 1 aromatic heterocycles. The summed E-state index contributed by atoms with van der Waals surface area (Å²) in [5.74, 6) is 0. The molecule has 1 atom stereocenters. The number of hydrogen-bond donors (Lipinski definition) is 1. The van der Waals surface area contributed by atoms with Crippen molar-refractivity contribution < 1.29 is 0 Å². The summed E-state index contributed by atoms with van der Waals surface area (Å²) in [6.07, 6.45) is 9.54. The Morgan fingerprint density at radius 3 is 2.73 bits per heavy atom. The first-order valence-corrected chi connectivity index (χ1v) is 4.30. The van der Waals surface area contributed by atoms with Crippen LogP contribution in [0.25, 0.3) is 0 Å². The third-order valence-corrected chi connectivity index (χ3v) is 1.97. The monoisotopic (exact) mass is 166 g/mol. The highest BCUT2D eigenvalue weighted by atomic mass is 31.1. The summed E-state index contributed by atoms with van der Waals surface area (Å²) in [7, 11) is 0.571. The van der Waals surface area contributed by atoms with Gasteiger partial charge in [-0.15, -0.1) is 0 Å². The van der Waals surface area contributed by atoms with Crippen LogP contribution in [-0.4, -0.2) is 4.34 Å². The van der Waals surface area contributed by atoms with Crippen LogP contribution in [0.15, 0.2) is 49.5 Å². The Morgan fingerprint density at radius 2 is 2.09 bits per heavy atom. The first-order chi connectivity index (χ1) is 5.43. The molecule has 1 rings (SSSR count). The molecule has 0 aliphatic rings. The molecule has 0 bridgehead atoms. The smallest absolute Gasteiger partial charge is 0.0804 e. The maximum atomic E-state index is 3.56. The lowest BCUT2D eigenvalue weighted by molar-refractivity contribution is 1.22. The van der Waals surface area contributed by atoms with Gasteiger partial charge in [-0.1, -0.05) is 12.7 Å². The first kappa shape index (κ1) is 8.09. The summed E-state index contributed by atoms with van der Waals surface area (Å²) in [6, 6.07) is 4.01. The Balaban J connectivity index is 2.23. The van der Waals surface area contributed by atoms with Crippen LogP contribution in [-0.2, 0) is 0 Å². The predicted octanol–water partition coefficient (Wildman–Crippen LogP) is 2.13. The predicted molar refractivity (Wildman–Crippen MR) is 50.6 cm³/mol. The molecule has 1 N–H and O–H groups in total. The quantitative estimate of drug-likeness (QED) is 0.535. The molecule has 1 heterocycles. The van der Waals surface area contributed by atoms with Crippen LogP contribution in [0, 0.1) is 0 Å². The molecule has 0 aromatic carbocycles. The molecule has 1 aromatic rings. The van der Waals surface area contributed by atoms with Gasteiger partial charge in [-0.25, -0.2) is 0 Å². The van der Waals surface area contributed by atoms with Gasteiger partial charge in [0.25, 0.3) is 0 Å². The topological polar surface area (TPSA) is 17.0 Å². The van der Waals surface area contributed by atoms with E-state index in [1.807, 2.05) is 36.8 Å². The lowest BCUT2D eigenvalue weighted by Crippen LogP contribution is -1.91. The summed E-state index contributed by atoms with van der Waals surface area (Å²) in [5, 5.41) is 3.13. The Kier molecular flexibility index (Phi) is 3.49.